The number of amides is 2. The van der Waals surface area contributed by atoms with Crippen molar-refractivity contribution in [2.24, 2.45) is 0 Å². The van der Waals surface area contributed by atoms with Crippen LogP contribution in [0.25, 0.3) is 0 Å². The molecule has 0 radical (unpaired) electrons. The zero-order valence-corrected chi connectivity index (χ0v) is 16.4. The van der Waals surface area contributed by atoms with Crippen LogP contribution < -0.4 is 0 Å². The van der Waals surface area contributed by atoms with Crippen LogP contribution in [0.4, 0.5) is 4.79 Å². The Morgan fingerprint density at radius 2 is 1.37 bits per heavy atom. The van der Waals surface area contributed by atoms with Crippen LogP contribution in [-0.2, 0) is 13.1 Å². The van der Waals surface area contributed by atoms with E-state index in [1.165, 1.54) is 24.0 Å². The highest BCUT2D eigenvalue weighted by atomic mass is 16.2. The van der Waals surface area contributed by atoms with Gasteiger partial charge in [0.05, 0.1) is 0 Å². The summed E-state index contributed by atoms with van der Waals surface area (Å²) in [6.45, 7) is 8.27. The van der Waals surface area contributed by atoms with Crippen molar-refractivity contribution in [2.45, 2.75) is 32.9 Å². The van der Waals surface area contributed by atoms with Gasteiger partial charge in [0, 0.05) is 39.3 Å². The molecule has 0 saturated carbocycles. The number of urea groups is 1. The van der Waals surface area contributed by atoms with Gasteiger partial charge >= 0.3 is 6.03 Å². The van der Waals surface area contributed by atoms with Gasteiger partial charge in [0.15, 0.2) is 0 Å². The molecule has 0 unspecified atom stereocenters. The van der Waals surface area contributed by atoms with Crippen LogP contribution in [0.1, 0.15) is 30.9 Å². The predicted octanol–water partition coefficient (Wildman–Crippen LogP) is 4.23. The van der Waals surface area contributed by atoms with Crippen molar-refractivity contribution in [2.75, 3.05) is 32.7 Å². The van der Waals surface area contributed by atoms with Gasteiger partial charge in [0.25, 0.3) is 0 Å². The van der Waals surface area contributed by atoms with E-state index in [2.05, 4.69) is 36.1 Å². The second kappa shape index (κ2) is 10.1. The normalized spacial score (nSPS) is 14.9. The van der Waals surface area contributed by atoms with E-state index in [0.29, 0.717) is 13.1 Å². The Morgan fingerprint density at radius 1 is 0.852 bits per heavy atom. The molecule has 0 N–H and O–H groups in total. The molecule has 1 fully saturated rings. The molecule has 0 aliphatic carbocycles. The second-order valence-electron chi connectivity index (χ2n) is 7.29. The van der Waals surface area contributed by atoms with E-state index in [1.807, 2.05) is 46.2 Å². The monoisotopic (exact) mass is 365 g/mol. The van der Waals surface area contributed by atoms with Crippen molar-refractivity contribution < 1.29 is 4.79 Å². The zero-order chi connectivity index (χ0) is 18.9. The molecule has 4 nitrogen and oxygen atoms in total. The standard InChI is InChI=1S/C23H31N3O/c1-2-3-14-24-15-17-25(18-16-24)23(27)26(19-21-10-6-4-7-11-21)20-22-12-8-5-9-13-22/h4-13H,2-3,14-20H2,1H3. The highest BCUT2D eigenvalue weighted by Crippen LogP contribution is 2.14. The average molecular weight is 366 g/mol. The number of hydrogen-bond donors (Lipinski definition) is 0. The number of unbranched alkanes of at least 4 members (excludes halogenated alkanes) is 1. The van der Waals surface area contributed by atoms with Gasteiger partial charge in [-0.3, -0.25) is 4.90 Å². The molecule has 0 atom stereocenters. The smallest absolute Gasteiger partial charge is 0.320 e. The fraction of sp³-hybridized carbons (Fsp3) is 0.435. The van der Waals surface area contributed by atoms with Gasteiger partial charge in [-0.2, -0.15) is 0 Å². The van der Waals surface area contributed by atoms with Crippen LogP contribution in [0.5, 0.6) is 0 Å². The molecule has 2 aromatic carbocycles. The van der Waals surface area contributed by atoms with Crippen molar-refractivity contribution in [1.82, 2.24) is 14.7 Å². The van der Waals surface area contributed by atoms with Gasteiger partial charge in [-0.05, 0) is 24.1 Å². The van der Waals surface area contributed by atoms with Crippen molar-refractivity contribution in [3.05, 3.63) is 71.8 Å². The summed E-state index contributed by atoms with van der Waals surface area (Å²) in [7, 11) is 0. The third kappa shape index (κ3) is 5.83. The lowest BCUT2D eigenvalue weighted by molar-refractivity contribution is 0.108. The van der Waals surface area contributed by atoms with Gasteiger partial charge < -0.3 is 9.80 Å². The summed E-state index contributed by atoms with van der Waals surface area (Å²) < 4.78 is 0. The summed E-state index contributed by atoms with van der Waals surface area (Å²) >= 11 is 0. The fourth-order valence-electron chi connectivity index (χ4n) is 3.54. The minimum Gasteiger partial charge on any atom is -0.322 e. The first-order valence-electron chi connectivity index (χ1n) is 10.1. The van der Waals surface area contributed by atoms with Crippen LogP contribution >= 0.6 is 0 Å². The highest BCUT2D eigenvalue weighted by molar-refractivity contribution is 5.74. The number of nitrogens with zero attached hydrogens (tertiary/aromatic N) is 3. The molecule has 4 heteroatoms. The molecule has 1 saturated heterocycles. The Bertz CT molecular complexity index is 640. The first-order chi connectivity index (χ1) is 13.3. The van der Waals surface area contributed by atoms with E-state index in [1.54, 1.807) is 0 Å². The van der Waals surface area contributed by atoms with Crippen molar-refractivity contribution in [3.63, 3.8) is 0 Å². The maximum atomic E-state index is 13.3. The number of piperazine rings is 1. The number of hydrogen-bond acceptors (Lipinski definition) is 2. The van der Waals surface area contributed by atoms with E-state index in [0.717, 1.165) is 32.7 Å². The lowest BCUT2D eigenvalue weighted by atomic mass is 10.1. The topological polar surface area (TPSA) is 26.8 Å². The number of carbonyl (C=O) groups is 1. The van der Waals surface area contributed by atoms with Gasteiger partial charge in [0.2, 0.25) is 0 Å². The summed E-state index contributed by atoms with van der Waals surface area (Å²) in [5, 5.41) is 0. The van der Waals surface area contributed by atoms with Crippen LogP contribution in [-0.4, -0.2) is 53.5 Å². The van der Waals surface area contributed by atoms with Crippen molar-refractivity contribution >= 4 is 6.03 Å². The molecule has 27 heavy (non-hydrogen) atoms. The highest BCUT2D eigenvalue weighted by Gasteiger charge is 2.25. The summed E-state index contributed by atoms with van der Waals surface area (Å²) in [6.07, 6.45) is 2.46. The number of benzene rings is 2. The van der Waals surface area contributed by atoms with E-state index >= 15 is 0 Å². The average Bonchev–Trinajstić information content (AvgIpc) is 2.73. The molecular weight excluding hydrogens is 334 g/mol. The first kappa shape index (κ1) is 19.4. The molecular formula is C23H31N3O. The molecule has 2 amide bonds. The molecule has 3 rings (SSSR count). The third-order valence-electron chi connectivity index (χ3n) is 5.17. The van der Waals surface area contributed by atoms with Crippen molar-refractivity contribution in [3.8, 4) is 0 Å². The zero-order valence-electron chi connectivity index (χ0n) is 16.4. The van der Waals surface area contributed by atoms with Gasteiger partial charge in [-0.1, -0.05) is 74.0 Å². The summed E-state index contributed by atoms with van der Waals surface area (Å²) in [5.41, 5.74) is 2.34. The predicted molar refractivity (Wildman–Crippen MR) is 110 cm³/mol. The largest absolute Gasteiger partial charge is 0.322 e. The lowest BCUT2D eigenvalue weighted by Crippen LogP contribution is -2.52. The van der Waals surface area contributed by atoms with Crippen LogP contribution in [0.15, 0.2) is 60.7 Å². The Labute approximate surface area is 163 Å². The van der Waals surface area contributed by atoms with E-state index in [-0.39, 0.29) is 6.03 Å². The Kier molecular flexibility index (Phi) is 7.28. The van der Waals surface area contributed by atoms with E-state index in [4.69, 9.17) is 0 Å². The van der Waals surface area contributed by atoms with Gasteiger partial charge in [0.1, 0.15) is 0 Å². The van der Waals surface area contributed by atoms with Crippen LogP contribution in [0, 0.1) is 0 Å². The molecule has 0 spiro atoms. The summed E-state index contributed by atoms with van der Waals surface area (Å²) in [5.74, 6) is 0. The number of carbonyl (C=O) groups excluding carboxylic acids is 1. The molecule has 144 valence electrons. The van der Waals surface area contributed by atoms with Crippen molar-refractivity contribution in [1.29, 1.82) is 0 Å². The Morgan fingerprint density at radius 3 is 1.85 bits per heavy atom. The molecule has 1 aliphatic heterocycles. The second-order valence-corrected chi connectivity index (χ2v) is 7.29. The minimum absolute atomic E-state index is 0.151. The van der Waals surface area contributed by atoms with Gasteiger partial charge in [-0.15, -0.1) is 0 Å². The molecule has 0 aromatic heterocycles. The summed E-state index contributed by atoms with van der Waals surface area (Å²) in [6, 6.07) is 20.7. The molecule has 2 aromatic rings. The maximum absolute atomic E-state index is 13.3. The Balaban J connectivity index is 1.65. The third-order valence-corrected chi connectivity index (χ3v) is 5.17. The molecule has 1 heterocycles. The minimum atomic E-state index is 0.151. The molecule has 0 bridgehead atoms. The maximum Gasteiger partial charge on any atom is 0.320 e. The number of rotatable bonds is 7. The summed E-state index contributed by atoms with van der Waals surface area (Å²) in [4.78, 5) is 19.7. The lowest BCUT2D eigenvalue weighted by Gasteiger charge is -2.37. The SMILES string of the molecule is CCCCN1CCN(C(=O)N(Cc2ccccc2)Cc2ccccc2)CC1. The quantitative estimate of drug-likeness (QED) is 0.734. The Hall–Kier alpha value is -2.33. The van der Waals surface area contributed by atoms with E-state index < -0.39 is 0 Å². The molecule has 1 aliphatic rings. The van der Waals surface area contributed by atoms with E-state index in [9.17, 15) is 4.79 Å². The van der Waals surface area contributed by atoms with Crippen LogP contribution in [0.2, 0.25) is 0 Å². The first-order valence-corrected chi connectivity index (χ1v) is 10.1. The fourth-order valence-corrected chi connectivity index (χ4v) is 3.54. The van der Waals surface area contributed by atoms with Gasteiger partial charge in [-0.25, -0.2) is 4.79 Å². The van der Waals surface area contributed by atoms with Crippen LogP contribution in [0.3, 0.4) is 0 Å².